The first-order chi connectivity index (χ1) is 7.06. The van der Waals surface area contributed by atoms with E-state index < -0.39 is 12.1 Å². The monoisotopic (exact) mass is 213 g/mol. The Morgan fingerprint density at radius 3 is 2.53 bits per heavy atom. The van der Waals surface area contributed by atoms with Crippen molar-refractivity contribution >= 4 is 5.97 Å². The zero-order chi connectivity index (χ0) is 11.7. The number of pyridine rings is 1. The summed E-state index contributed by atoms with van der Waals surface area (Å²) < 4.78 is 0. The van der Waals surface area contributed by atoms with Crippen LogP contribution in [-0.4, -0.2) is 39.0 Å². The van der Waals surface area contributed by atoms with Crippen LogP contribution in [0.25, 0.3) is 0 Å². The minimum absolute atomic E-state index is 0.212. The topological polar surface area (TPSA) is 90.7 Å². The molecule has 0 aromatic carbocycles. The van der Waals surface area contributed by atoms with Gasteiger partial charge in [-0.15, -0.1) is 0 Å². The van der Waals surface area contributed by atoms with Gasteiger partial charge in [0.05, 0.1) is 12.7 Å². The number of hydrogen-bond acceptors (Lipinski definition) is 4. The summed E-state index contributed by atoms with van der Waals surface area (Å²) in [5, 5.41) is 25.0. The molecule has 0 aliphatic carbocycles. The molecule has 0 amide bonds. The number of aliphatic hydroxyl groups excluding tert-OH is 2. The first-order valence-corrected chi connectivity index (χ1v) is 4.44. The molecule has 0 aliphatic rings. The van der Waals surface area contributed by atoms with Gasteiger partial charge in [-0.3, -0.25) is 9.78 Å². The number of nitrogens with zero attached hydrogens (tertiary/aromatic N) is 1. The minimum atomic E-state index is -0.833. The van der Waals surface area contributed by atoms with Crippen LogP contribution < -0.4 is 0 Å². The number of carboxylic acids is 1. The van der Waals surface area contributed by atoms with Gasteiger partial charge >= 0.3 is 0 Å². The van der Waals surface area contributed by atoms with Crippen molar-refractivity contribution in [1.82, 2.24) is 4.98 Å². The highest BCUT2D eigenvalue weighted by atomic mass is 16.4. The molecule has 5 nitrogen and oxygen atoms in total. The van der Waals surface area contributed by atoms with Gasteiger partial charge in [0.2, 0.25) is 0 Å². The Kier molecular flexibility index (Phi) is 7.13. The van der Waals surface area contributed by atoms with E-state index in [-0.39, 0.29) is 6.61 Å². The Bertz CT molecular complexity index is 272. The molecule has 0 saturated carbocycles. The number of aliphatic hydroxyl groups is 2. The smallest absolute Gasteiger partial charge is 0.300 e. The molecule has 0 bridgehead atoms. The van der Waals surface area contributed by atoms with Gasteiger partial charge in [0, 0.05) is 25.2 Å². The first kappa shape index (κ1) is 13.5. The fourth-order valence-electron chi connectivity index (χ4n) is 0.825. The lowest BCUT2D eigenvalue weighted by atomic mass is 10.2. The minimum Gasteiger partial charge on any atom is -0.481 e. The molecule has 1 atom stereocenters. The second kappa shape index (κ2) is 7.90. The van der Waals surface area contributed by atoms with Crippen molar-refractivity contribution in [1.29, 1.82) is 0 Å². The number of aromatic nitrogens is 1. The fraction of sp³-hybridized carbons (Fsp3) is 0.400. The third-order valence-corrected chi connectivity index (χ3v) is 1.38. The van der Waals surface area contributed by atoms with Crippen molar-refractivity contribution in [2.75, 3.05) is 6.61 Å². The molecule has 0 fully saturated rings. The maximum atomic E-state index is 9.02. The van der Waals surface area contributed by atoms with E-state index in [1.807, 2.05) is 18.2 Å². The average Bonchev–Trinajstić information content (AvgIpc) is 2.18. The number of rotatable bonds is 3. The Labute approximate surface area is 88.0 Å². The maximum absolute atomic E-state index is 9.02. The molecule has 0 spiro atoms. The predicted octanol–water partition coefficient (Wildman–Crippen LogP) is 0.0682. The van der Waals surface area contributed by atoms with Crippen LogP contribution in [0.2, 0.25) is 0 Å². The zero-order valence-corrected chi connectivity index (χ0v) is 8.50. The van der Waals surface area contributed by atoms with Gasteiger partial charge < -0.3 is 15.3 Å². The summed E-state index contributed by atoms with van der Waals surface area (Å²) in [6.07, 6.45) is 1.39. The highest BCUT2D eigenvalue weighted by molar-refractivity contribution is 5.62. The van der Waals surface area contributed by atoms with E-state index in [9.17, 15) is 0 Å². The summed E-state index contributed by atoms with van der Waals surface area (Å²) >= 11 is 0. The third kappa shape index (κ3) is 8.86. The number of carboxylic acid groups (broad SMARTS) is 1. The van der Waals surface area contributed by atoms with E-state index >= 15 is 0 Å². The largest absolute Gasteiger partial charge is 0.481 e. The van der Waals surface area contributed by atoms with E-state index in [1.165, 1.54) is 0 Å². The summed E-state index contributed by atoms with van der Waals surface area (Å²) in [6, 6.07) is 5.49. The van der Waals surface area contributed by atoms with E-state index in [0.717, 1.165) is 12.6 Å². The van der Waals surface area contributed by atoms with Crippen LogP contribution in [0.4, 0.5) is 0 Å². The molecule has 0 saturated heterocycles. The fourth-order valence-corrected chi connectivity index (χ4v) is 0.825. The highest BCUT2D eigenvalue weighted by Crippen LogP contribution is 1.97. The maximum Gasteiger partial charge on any atom is 0.300 e. The molecular formula is C10H15NO4. The molecule has 1 unspecified atom stereocenters. The number of aliphatic carboxylic acids is 1. The Balaban J connectivity index is 0.000000423. The zero-order valence-electron chi connectivity index (χ0n) is 8.50. The Morgan fingerprint density at radius 2 is 2.13 bits per heavy atom. The van der Waals surface area contributed by atoms with Gasteiger partial charge in [0.15, 0.2) is 0 Å². The van der Waals surface area contributed by atoms with Crippen LogP contribution in [-0.2, 0) is 11.2 Å². The SMILES string of the molecule is CC(=O)O.OCC(O)Cc1ccccn1. The molecule has 1 aromatic heterocycles. The van der Waals surface area contributed by atoms with Crippen LogP contribution in [0.5, 0.6) is 0 Å². The summed E-state index contributed by atoms with van der Waals surface area (Å²) in [4.78, 5) is 13.0. The summed E-state index contributed by atoms with van der Waals surface area (Å²) in [5.41, 5.74) is 0.800. The van der Waals surface area contributed by atoms with Crippen molar-refractivity contribution in [2.45, 2.75) is 19.4 Å². The van der Waals surface area contributed by atoms with Crippen LogP contribution >= 0.6 is 0 Å². The molecule has 0 radical (unpaired) electrons. The molecule has 1 aromatic rings. The average molecular weight is 213 g/mol. The first-order valence-electron chi connectivity index (χ1n) is 4.44. The molecule has 1 heterocycles. The third-order valence-electron chi connectivity index (χ3n) is 1.38. The van der Waals surface area contributed by atoms with Gasteiger partial charge in [0.25, 0.3) is 5.97 Å². The van der Waals surface area contributed by atoms with E-state index in [2.05, 4.69) is 4.98 Å². The summed E-state index contributed by atoms with van der Waals surface area (Å²) in [7, 11) is 0. The summed E-state index contributed by atoms with van der Waals surface area (Å²) in [5.74, 6) is -0.833. The lowest BCUT2D eigenvalue weighted by Gasteiger charge is -2.04. The normalized spacial score (nSPS) is 11.1. The van der Waals surface area contributed by atoms with Gasteiger partial charge in [-0.25, -0.2) is 0 Å². The van der Waals surface area contributed by atoms with Crippen molar-refractivity contribution < 1.29 is 20.1 Å². The lowest BCUT2D eigenvalue weighted by molar-refractivity contribution is -0.134. The van der Waals surface area contributed by atoms with Crippen LogP contribution in [0, 0.1) is 0 Å². The molecule has 0 aliphatic heterocycles. The van der Waals surface area contributed by atoms with E-state index in [0.29, 0.717) is 6.42 Å². The number of hydrogen-bond donors (Lipinski definition) is 3. The molecule has 3 N–H and O–H groups in total. The second-order valence-corrected chi connectivity index (χ2v) is 2.88. The van der Waals surface area contributed by atoms with Crippen LogP contribution in [0.15, 0.2) is 24.4 Å². The van der Waals surface area contributed by atoms with Crippen molar-refractivity contribution in [3.8, 4) is 0 Å². The van der Waals surface area contributed by atoms with Gasteiger partial charge in [-0.1, -0.05) is 6.07 Å². The van der Waals surface area contributed by atoms with E-state index in [4.69, 9.17) is 20.1 Å². The van der Waals surface area contributed by atoms with Crippen molar-refractivity contribution in [3.63, 3.8) is 0 Å². The molecule has 84 valence electrons. The molecule has 15 heavy (non-hydrogen) atoms. The highest BCUT2D eigenvalue weighted by Gasteiger charge is 2.02. The van der Waals surface area contributed by atoms with Gasteiger partial charge in [-0.2, -0.15) is 0 Å². The molecule has 1 rings (SSSR count). The van der Waals surface area contributed by atoms with Crippen LogP contribution in [0.3, 0.4) is 0 Å². The number of carbonyl (C=O) groups is 1. The van der Waals surface area contributed by atoms with Gasteiger partial charge in [0.1, 0.15) is 0 Å². The van der Waals surface area contributed by atoms with E-state index in [1.54, 1.807) is 6.20 Å². The quantitative estimate of drug-likeness (QED) is 0.661. The van der Waals surface area contributed by atoms with Crippen LogP contribution in [0.1, 0.15) is 12.6 Å². The standard InChI is InChI=1S/C8H11NO2.C2H4O2/c10-6-8(11)5-7-3-1-2-4-9-7;1-2(3)4/h1-4,8,10-11H,5-6H2;1H3,(H,3,4). The second-order valence-electron chi connectivity index (χ2n) is 2.88. The summed E-state index contributed by atoms with van der Waals surface area (Å²) in [6.45, 7) is 0.872. The van der Waals surface area contributed by atoms with Gasteiger partial charge in [-0.05, 0) is 12.1 Å². The van der Waals surface area contributed by atoms with Crippen molar-refractivity contribution in [2.24, 2.45) is 0 Å². The molecular weight excluding hydrogens is 198 g/mol. The lowest BCUT2D eigenvalue weighted by Crippen LogP contribution is -2.15. The predicted molar refractivity (Wildman–Crippen MR) is 54.3 cm³/mol. The Hall–Kier alpha value is -1.46. The Morgan fingerprint density at radius 1 is 1.53 bits per heavy atom. The molecule has 5 heteroatoms. The van der Waals surface area contributed by atoms with Crippen molar-refractivity contribution in [3.05, 3.63) is 30.1 Å².